The van der Waals surface area contributed by atoms with Crippen LogP contribution in [0.2, 0.25) is 5.02 Å². The van der Waals surface area contributed by atoms with Gasteiger partial charge in [0.15, 0.2) is 0 Å². The first-order valence-corrected chi connectivity index (χ1v) is 11.3. The van der Waals surface area contributed by atoms with Gasteiger partial charge in [-0.15, -0.1) is 0 Å². The topological polar surface area (TPSA) is 79.5 Å². The van der Waals surface area contributed by atoms with Crippen molar-refractivity contribution < 1.29 is 12.9 Å². The highest BCUT2D eigenvalue weighted by Gasteiger charge is 2.27. The summed E-state index contributed by atoms with van der Waals surface area (Å²) in [7, 11) is -3.15. The third-order valence-corrected chi connectivity index (χ3v) is 6.83. The van der Waals surface area contributed by atoms with Crippen molar-refractivity contribution in [3.05, 3.63) is 35.2 Å². The normalized spacial score (nSPS) is 16.7. The monoisotopic (exact) mass is 412 g/mol. The summed E-state index contributed by atoms with van der Waals surface area (Å²) in [6.45, 7) is 4.90. The zero-order chi connectivity index (χ0) is 19.3. The average molecular weight is 413 g/mol. The smallest absolute Gasteiger partial charge is 0.241 e. The fraction of sp³-hybridized carbons (Fsp3) is 0.556. The molecule has 1 saturated heterocycles. The highest BCUT2D eigenvalue weighted by atomic mass is 35.5. The summed E-state index contributed by atoms with van der Waals surface area (Å²) in [5, 5.41) is 4.63. The van der Waals surface area contributed by atoms with Crippen LogP contribution in [-0.4, -0.2) is 59.7 Å². The van der Waals surface area contributed by atoms with Gasteiger partial charge in [0.1, 0.15) is 0 Å². The molecule has 1 aromatic heterocycles. The molecule has 0 spiro atoms. The Morgan fingerprint density at radius 2 is 1.96 bits per heavy atom. The number of hydrogen-bond acceptors (Lipinski definition) is 6. The molecule has 3 rings (SSSR count). The second-order valence-corrected chi connectivity index (χ2v) is 9.25. The van der Waals surface area contributed by atoms with Crippen LogP contribution in [0, 0.1) is 0 Å². The number of halogens is 1. The van der Waals surface area contributed by atoms with Gasteiger partial charge in [-0.2, -0.15) is 9.29 Å². The summed E-state index contributed by atoms with van der Waals surface area (Å²) in [6, 6.07) is 7.30. The summed E-state index contributed by atoms with van der Waals surface area (Å²) in [5.41, 5.74) is 0.806. The van der Waals surface area contributed by atoms with Gasteiger partial charge in [-0.3, -0.25) is 4.90 Å². The van der Waals surface area contributed by atoms with Crippen LogP contribution in [0.5, 0.6) is 0 Å². The second-order valence-electron chi connectivity index (χ2n) is 6.72. The van der Waals surface area contributed by atoms with Crippen molar-refractivity contribution in [2.75, 3.05) is 31.9 Å². The lowest BCUT2D eigenvalue weighted by atomic mass is 10.2. The Kier molecular flexibility index (Phi) is 6.86. The van der Waals surface area contributed by atoms with Gasteiger partial charge in [-0.1, -0.05) is 48.7 Å². The van der Waals surface area contributed by atoms with E-state index in [4.69, 9.17) is 16.1 Å². The first kappa shape index (κ1) is 20.3. The van der Waals surface area contributed by atoms with Crippen LogP contribution in [0.15, 0.2) is 28.8 Å². The minimum Gasteiger partial charge on any atom is -0.338 e. The maximum atomic E-state index is 12.4. The predicted octanol–water partition coefficient (Wildman–Crippen LogP) is 3.03. The van der Waals surface area contributed by atoms with E-state index in [1.165, 1.54) is 0 Å². The molecule has 1 aliphatic heterocycles. The largest absolute Gasteiger partial charge is 0.338 e. The van der Waals surface area contributed by atoms with Crippen molar-refractivity contribution in [1.29, 1.82) is 0 Å². The molecule has 0 N–H and O–H groups in total. The van der Waals surface area contributed by atoms with Crippen molar-refractivity contribution in [2.24, 2.45) is 0 Å². The molecule has 2 aromatic rings. The Hall–Kier alpha value is -1.48. The molecule has 1 fully saturated rings. The second kappa shape index (κ2) is 9.14. The Morgan fingerprint density at radius 3 is 2.67 bits per heavy atom. The summed E-state index contributed by atoms with van der Waals surface area (Å²) >= 11 is 6.00. The van der Waals surface area contributed by atoms with Gasteiger partial charge in [-0.05, 0) is 18.6 Å². The highest BCUT2D eigenvalue weighted by Crippen LogP contribution is 2.20. The lowest BCUT2D eigenvalue weighted by Crippen LogP contribution is -2.48. The van der Waals surface area contributed by atoms with E-state index in [0.29, 0.717) is 49.5 Å². The Bertz CT molecular complexity index is 848. The molecule has 0 radical (unpaired) electrons. The van der Waals surface area contributed by atoms with E-state index in [1.807, 2.05) is 12.1 Å². The van der Waals surface area contributed by atoms with Crippen molar-refractivity contribution in [1.82, 2.24) is 19.3 Å². The van der Waals surface area contributed by atoms with E-state index in [-0.39, 0.29) is 5.75 Å². The molecule has 9 heteroatoms. The standard InChI is InChI=1S/C18H25ClN4O3S/c1-2-3-4-12-27(24,25)23-10-8-22(9-11-23)14-17-20-18(21-26-17)15-6-5-7-16(19)13-15/h5-7,13H,2-4,8-12,14H2,1H3. The molecule has 1 aliphatic rings. The highest BCUT2D eigenvalue weighted by molar-refractivity contribution is 7.89. The molecule has 0 bridgehead atoms. The van der Waals surface area contributed by atoms with Gasteiger partial charge < -0.3 is 4.52 Å². The SMILES string of the molecule is CCCCCS(=O)(=O)N1CCN(Cc2nc(-c3cccc(Cl)c3)no2)CC1. The summed E-state index contributed by atoms with van der Waals surface area (Å²) in [5.74, 6) is 1.27. The predicted molar refractivity (Wildman–Crippen MR) is 105 cm³/mol. The summed E-state index contributed by atoms with van der Waals surface area (Å²) in [4.78, 5) is 6.56. The van der Waals surface area contributed by atoms with E-state index >= 15 is 0 Å². The summed E-state index contributed by atoms with van der Waals surface area (Å²) in [6.07, 6.45) is 2.70. The molecule has 0 saturated carbocycles. The molecule has 2 heterocycles. The van der Waals surface area contributed by atoms with Crippen LogP contribution < -0.4 is 0 Å². The third kappa shape index (κ3) is 5.51. The van der Waals surface area contributed by atoms with Gasteiger partial charge in [-0.25, -0.2) is 8.42 Å². The van der Waals surface area contributed by atoms with Gasteiger partial charge in [0.05, 0.1) is 12.3 Å². The van der Waals surface area contributed by atoms with Gasteiger partial charge in [0, 0.05) is 36.8 Å². The van der Waals surface area contributed by atoms with Crippen LogP contribution >= 0.6 is 11.6 Å². The minimum absolute atomic E-state index is 0.244. The van der Waals surface area contributed by atoms with E-state index < -0.39 is 10.0 Å². The van der Waals surface area contributed by atoms with E-state index in [2.05, 4.69) is 22.0 Å². The Morgan fingerprint density at radius 1 is 1.19 bits per heavy atom. The van der Waals surface area contributed by atoms with Crippen molar-refractivity contribution in [3.63, 3.8) is 0 Å². The zero-order valence-corrected chi connectivity index (χ0v) is 17.0. The van der Waals surface area contributed by atoms with Gasteiger partial charge >= 0.3 is 0 Å². The van der Waals surface area contributed by atoms with E-state index in [1.54, 1.807) is 16.4 Å². The Labute approximate surface area is 165 Å². The van der Waals surface area contributed by atoms with Crippen LogP contribution in [0.25, 0.3) is 11.4 Å². The molecule has 7 nitrogen and oxygen atoms in total. The molecule has 0 atom stereocenters. The molecule has 0 amide bonds. The Balaban J connectivity index is 1.52. The van der Waals surface area contributed by atoms with Crippen LogP contribution in [-0.2, 0) is 16.6 Å². The molecule has 1 aromatic carbocycles. The van der Waals surface area contributed by atoms with Crippen LogP contribution in [0.4, 0.5) is 0 Å². The van der Waals surface area contributed by atoms with Crippen LogP contribution in [0.3, 0.4) is 0 Å². The first-order chi connectivity index (χ1) is 13.0. The fourth-order valence-electron chi connectivity index (χ4n) is 3.08. The average Bonchev–Trinajstić information content (AvgIpc) is 3.11. The number of nitrogens with zero attached hydrogens (tertiary/aromatic N) is 4. The van der Waals surface area contributed by atoms with Gasteiger partial charge in [0.2, 0.25) is 21.7 Å². The lowest BCUT2D eigenvalue weighted by molar-refractivity contribution is 0.163. The number of hydrogen-bond donors (Lipinski definition) is 0. The van der Waals surface area contributed by atoms with Crippen molar-refractivity contribution in [3.8, 4) is 11.4 Å². The lowest BCUT2D eigenvalue weighted by Gasteiger charge is -2.33. The molecule has 148 valence electrons. The quantitative estimate of drug-likeness (QED) is 0.620. The first-order valence-electron chi connectivity index (χ1n) is 9.26. The van der Waals surface area contributed by atoms with Crippen LogP contribution in [0.1, 0.15) is 32.1 Å². The third-order valence-electron chi connectivity index (χ3n) is 4.64. The van der Waals surface area contributed by atoms with Crippen molar-refractivity contribution in [2.45, 2.75) is 32.7 Å². The number of rotatable bonds is 8. The molecule has 0 unspecified atom stereocenters. The zero-order valence-electron chi connectivity index (χ0n) is 15.5. The molecular formula is C18H25ClN4O3S. The number of sulfonamides is 1. The van der Waals surface area contributed by atoms with E-state index in [9.17, 15) is 8.42 Å². The fourth-order valence-corrected chi connectivity index (χ4v) is 4.82. The minimum atomic E-state index is -3.15. The molecule has 0 aliphatic carbocycles. The number of piperazine rings is 1. The van der Waals surface area contributed by atoms with Crippen molar-refractivity contribution >= 4 is 21.6 Å². The summed E-state index contributed by atoms with van der Waals surface area (Å²) < 4.78 is 31.7. The number of aromatic nitrogens is 2. The van der Waals surface area contributed by atoms with Gasteiger partial charge in [0.25, 0.3) is 0 Å². The molecule has 27 heavy (non-hydrogen) atoms. The molecular weight excluding hydrogens is 388 g/mol. The van der Waals surface area contributed by atoms with E-state index in [0.717, 1.165) is 24.8 Å². The number of unbranched alkanes of at least 4 members (excludes halogenated alkanes) is 2. The number of benzene rings is 1. The maximum absolute atomic E-state index is 12.4. The maximum Gasteiger partial charge on any atom is 0.241 e.